The van der Waals surface area contributed by atoms with Crippen molar-refractivity contribution in [3.8, 4) is 0 Å². The van der Waals surface area contributed by atoms with Crippen molar-refractivity contribution < 1.29 is 4.79 Å². The largest absolute Gasteiger partial charge is 0.352 e. The van der Waals surface area contributed by atoms with Gasteiger partial charge in [-0.05, 0) is 30.4 Å². The highest BCUT2D eigenvalue weighted by Crippen LogP contribution is 2.29. The first-order valence-corrected chi connectivity index (χ1v) is 8.99. The van der Waals surface area contributed by atoms with Crippen molar-refractivity contribution in [2.45, 2.75) is 52.9 Å². The highest BCUT2D eigenvalue weighted by Gasteiger charge is 2.11. The molecule has 0 radical (unpaired) electrons. The first kappa shape index (κ1) is 18.9. The van der Waals surface area contributed by atoms with Crippen LogP contribution >= 0.6 is 0 Å². The maximum atomic E-state index is 12.1. The SMILES string of the molecule is CCCCCNC(=O)c1cnc(Nc2c(C)cccc2C(C)C)nc1. The van der Waals surface area contributed by atoms with Crippen LogP contribution in [0.25, 0.3) is 0 Å². The third-order valence-corrected chi connectivity index (χ3v) is 4.14. The van der Waals surface area contributed by atoms with Crippen LogP contribution in [0.4, 0.5) is 11.6 Å². The molecule has 134 valence electrons. The molecule has 0 atom stereocenters. The average molecular weight is 340 g/mol. The monoisotopic (exact) mass is 340 g/mol. The van der Waals surface area contributed by atoms with E-state index in [-0.39, 0.29) is 5.91 Å². The summed E-state index contributed by atoms with van der Waals surface area (Å²) in [5.41, 5.74) is 3.89. The Kier molecular flexibility index (Phi) is 6.92. The number of benzene rings is 1. The molecule has 2 aromatic rings. The number of unbranched alkanes of at least 4 members (excludes halogenated alkanes) is 2. The van der Waals surface area contributed by atoms with Gasteiger partial charge in [0.05, 0.1) is 5.56 Å². The van der Waals surface area contributed by atoms with Gasteiger partial charge in [0.2, 0.25) is 5.95 Å². The molecule has 1 amide bonds. The van der Waals surface area contributed by atoms with Crippen LogP contribution in [0.3, 0.4) is 0 Å². The van der Waals surface area contributed by atoms with Crippen LogP contribution in [0, 0.1) is 6.92 Å². The van der Waals surface area contributed by atoms with E-state index in [1.54, 1.807) is 12.4 Å². The van der Waals surface area contributed by atoms with Gasteiger partial charge < -0.3 is 10.6 Å². The molecule has 0 aliphatic rings. The Morgan fingerprint density at radius 3 is 2.52 bits per heavy atom. The predicted octanol–water partition coefficient (Wildman–Crippen LogP) is 4.57. The number of para-hydroxylation sites is 1. The number of anilines is 2. The Labute approximate surface area is 150 Å². The van der Waals surface area contributed by atoms with Gasteiger partial charge in [-0.1, -0.05) is 51.8 Å². The topological polar surface area (TPSA) is 66.9 Å². The number of hydrogen-bond donors (Lipinski definition) is 2. The molecule has 2 N–H and O–H groups in total. The minimum absolute atomic E-state index is 0.124. The Bertz CT molecular complexity index is 695. The van der Waals surface area contributed by atoms with E-state index >= 15 is 0 Å². The maximum absolute atomic E-state index is 12.1. The summed E-state index contributed by atoms with van der Waals surface area (Å²) < 4.78 is 0. The third-order valence-electron chi connectivity index (χ3n) is 4.14. The lowest BCUT2D eigenvalue weighted by atomic mass is 9.98. The van der Waals surface area contributed by atoms with Gasteiger partial charge in [0.25, 0.3) is 5.91 Å². The van der Waals surface area contributed by atoms with Gasteiger partial charge in [0, 0.05) is 24.6 Å². The first-order valence-electron chi connectivity index (χ1n) is 8.99. The number of carbonyl (C=O) groups excluding carboxylic acids is 1. The smallest absolute Gasteiger partial charge is 0.254 e. The summed E-state index contributed by atoms with van der Waals surface area (Å²) in [6, 6.07) is 6.23. The average Bonchev–Trinajstić information content (AvgIpc) is 2.60. The summed E-state index contributed by atoms with van der Waals surface area (Å²) in [7, 11) is 0. The first-order chi connectivity index (χ1) is 12.0. The summed E-state index contributed by atoms with van der Waals surface area (Å²) in [6.07, 6.45) is 6.38. The van der Waals surface area contributed by atoms with Crippen LogP contribution in [-0.4, -0.2) is 22.4 Å². The number of nitrogens with zero attached hydrogens (tertiary/aromatic N) is 2. The van der Waals surface area contributed by atoms with Crippen LogP contribution in [0.1, 0.15) is 67.4 Å². The fourth-order valence-corrected chi connectivity index (χ4v) is 2.64. The number of hydrogen-bond acceptors (Lipinski definition) is 4. The molecule has 0 bridgehead atoms. The Balaban J connectivity index is 2.05. The molecule has 5 heteroatoms. The maximum Gasteiger partial charge on any atom is 0.254 e. The Morgan fingerprint density at radius 1 is 1.16 bits per heavy atom. The fourth-order valence-electron chi connectivity index (χ4n) is 2.64. The van der Waals surface area contributed by atoms with E-state index in [0.29, 0.717) is 24.0 Å². The lowest BCUT2D eigenvalue weighted by Crippen LogP contribution is -2.24. The van der Waals surface area contributed by atoms with Crippen molar-refractivity contribution in [1.82, 2.24) is 15.3 Å². The standard InChI is InChI=1S/C20H28N4O/c1-5-6-7-11-21-19(25)16-12-22-20(23-13-16)24-18-15(4)9-8-10-17(18)14(2)3/h8-10,12-14H,5-7,11H2,1-4H3,(H,21,25)(H,22,23,24). The summed E-state index contributed by atoms with van der Waals surface area (Å²) in [5, 5.41) is 6.19. The molecular weight excluding hydrogens is 312 g/mol. The van der Waals surface area contributed by atoms with E-state index in [1.807, 2.05) is 0 Å². The van der Waals surface area contributed by atoms with Gasteiger partial charge in [-0.15, -0.1) is 0 Å². The van der Waals surface area contributed by atoms with E-state index < -0.39 is 0 Å². The lowest BCUT2D eigenvalue weighted by Gasteiger charge is -2.16. The van der Waals surface area contributed by atoms with Gasteiger partial charge in [0.15, 0.2) is 0 Å². The molecule has 5 nitrogen and oxygen atoms in total. The molecule has 0 spiro atoms. The molecule has 2 rings (SSSR count). The molecule has 0 saturated carbocycles. The van der Waals surface area contributed by atoms with E-state index in [4.69, 9.17) is 0 Å². The van der Waals surface area contributed by atoms with Gasteiger partial charge in [-0.2, -0.15) is 0 Å². The number of aryl methyl sites for hydroxylation is 1. The zero-order chi connectivity index (χ0) is 18.2. The van der Waals surface area contributed by atoms with Crippen LogP contribution in [0.15, 0.2) is 30.6 Å². The molecule has 0 aliphatic heterocycles. The van der Waals surface area contributed by atoms with Crippen LogP contribution in [0.2, 0.25) is 0 Å². The van der Waals surface area contributed by atoms with E-state index in [2.05, 4.69) is 66.5 Å². The molecule has 0 aliphatic carbocycles. The molecule has 25 heavy (non-hydrogen) atoms. The van der Waals surface area contributed by atoms with Gasteiger partial charge in [-0.25, -0.2) is 9.97 Å². The highest BCUT2D eigenvalue weighted by molar-refractivity contribution is 5.93. The van der Waals surface area contributed by atoms with Crippen molar-refractivity contribution in [2.24, 2.45) is 0 Å². The third kappa shape index (κ3) is 5.28. The zero-order valence-corrected chi connectivity index (χ0v) is 15.6. The molecule has 0 saturated heterocycles. The van der Waals surface area contributed by atoms with Crippen LogP contribution < -0.4 is 10.6 Å². The minimum atomic E-state index is -0.124. The predicted molar refractivity (Wildman–Crippen MR) is 102 cm³/mol. The second-order valence-corrected chi connectivity index (χ2v) is 6.58. The van der Waals surface area contributed by atoms with Crippen molar-refractivity contribution in [3.05, 3.63) is 47.3 Å². The molecule has 1 aromatic carbocycles. The van der Waals surface area contributed by atoms with Crippen molar-refractivity contribution in [1.29, 1.82) is 0 Å². The van der Waals surface area contributed by atoms with Crippen molar-refractivity contribution in [2.75, 3.05) is 11.9 Å². The van der Waals surface area contributed by atoms with Crippen LogP contribution in [-0.2, 0) is 0 Å². The minimum Gasteiger partial charge on any atom is -0.352 e. The normalized spacial score (nSPS) is 10.8. The second-order valence-electron chi connectivity index (χ2n) is 6.58. The molecule has 1 heterocycles. The van der Waals surface area contributed by atoms with Crippen LogP contribution in [0.5, 0.6) is 0 Å². The molecule has 1 aromatic heterocycles. The Morgan fingerprint density at radius 2 is 1.88 bits per heavy atom. The number of carbonyl (C=O) groups is 1. The summed E-state index contributed by atoms with van der Waals surface area (Å²) in [5.74, 6) is 0.774. The summed E-state index contributed by atoms with van der Waals surface area (Å²) in [4.78, 5) is 20.7. The van der Waals surface area contributed by atoms with Crippen molar-refractivity contribution >= 4 is 17.5 Å². The lowest BCUT2D eigenvalue weighted by molar-refractivity contribution is 0.0952. The molecular formula is C20H28N4O. The molecule has 0 fully saturated rings. The molecule has 0 unspecified atom stereocenters. The van der Waals surface area contributed by atoms with Crippen molar-refractivity contribution in [3.63, 3.8) is 0 Å². The summed E-state index contributed by atoms with van der Waals surface area (Å²) in [6.45, 7) is 9.21. The number of aromatic nitrogens is 2. The number of rotatable bonds is 8. The number of amides is 1. The van der Waals surface area contributed by atoms with Gasteiger partial charge >= 0.3 is 0 Å². The number of nitrogens with one attached hydrogen (secondary N) is 2. The summed E-state index contributed by atoms with van der Waals surface area (Å²) >= 11 is 0. The zero-order valence-electron chi connectivity index (χ0n) is 15.6. The van der Waals surface area contributed by atoms with E-state index in [0.717, 1.165) is 30.5 Å². The van der Waals surface area contributed by atoms with E-state index in [1.165, 1.54) is 5.56 Å². The highest BCUT2D eigenvalue weighted by atomic mass is 16.1. The van der Waals surface area contributed by atoms with Gasteiger partial charge in [-0.3, -0.25) is 4.79 Å². The fraction of sp³-hybridized carbons (Fsp3) is 0.450. The quantitative estimate of drug-likeness (QED) is 0.691. The van der Waals surface area contributed by atoms with E-state index in [9.17, 15) is 4.79 Å². The van der Waals surface area contributed by atoms with Gasteiger partial charge in [0.1, 0.15) is 0 Å². The second kappa shape index (κ2) is 9.16. The Hall–Kier alpha value is -2.43.